The van der Waals surface area contributed by atoms with Crippen molar-refractivity contribution in [1.29, 1.82) is 0 Å². The zero-order valence-electron chi connectivity index (χ0n) is 11.6. The normalized spacial score (nSPS) is 23.7. The van der Waals surface area contributed by atoms with Gasteiger partial charge < -0.3 is 14.9 Å². The Labute approximate surface area is 126 Å². The highest BCUT2D eigenvalue weighted by Crippen LogP contribution is 2.57. The molecule has 0 radical (unpaired) electrons. The van der Waals surface area contributed by atoms with Gasteiger partial charge in [-0.2, -0.15) is 0 Å². The van der Waals surface area contributed by atoms with Gasteiger partial charge in [0.2, 0.25) is 11.8 Å². The lowest BCUT2D eigenvalue weighted by atomic mass is 10.0. The summed E-state index contributed by atoms with van der Waals surface area (Å²) in [5, 5.41) is 21.2. The van der Waals surface area contributed by atoms with Gasteiger partial charge in [0, 0.05) is 28.5 Å². The van der Waals surface area contributed by atoms with E-state index in [1.807, 2.05) is 0 Å². The summed E-state index contributed by atoms with van der Waals surface area (Å²) < 4.78 is 6.46. The first-order valence-corrected chi connectivity index (χ1v) is 7.30. The topological polar surface area (TPSA) is 71.7 Å². The van der Waals surface area contributed by atoms with E-state index in [2.05, 4.69) is 12.2 Å². The highest BCUT2D eigenvalue weighted by atomic mass is 16.5. The van der Waals surface area contributed by atoms with Crippen molar-refractivity contribution < 1.29 is 19.7 Å². The summed E-state index contributed by atoms with van der Waals surface area (Å²) >= 11 is 0. The molecular formula is C17H13NO4. The zero-order chi connectivity index (χ0) is 15.0. The maximum Gasteiger partial charge on any atom is 0.338 e. The van der Waals surface area contributed by atoms with Crippen LogP contribution in [0.15, 0.2) is 30.4 Å². The van der Waals surface area contributed by atoms with Crippen LogP contribution in [0.4, 0.5) is 0 Å². The Bertz CT molecular complexity index is 842. The third kappa shape index (κ3) is 1.27. The molecule has 2 atom stereocenters. The monoisotopic (exact) mass is 295 g/mol. The molecule has 2 bridgehead atoms. The molecule has 2 aromatic rings. The Kier molecular flexibility index (Phi) is 2.02. The SMILES string of the molecule is O=C1OCc2cc(-n3c(O)c4c(c3O)[C@H]3C=C[C@@H]4C3)ccc21. The lowest BCUT2D eigenvalue weighted by molar-refractivity contribution is 0.0535. The first-order chi connectivity index (χ1) is 10.6. The number of nitrogens with zero attached hydrogens (tertiary/aromatic N) is 1. The first kappa shape index (κ1) is 11.9. The molecule has 22 heavy (non-hydrogen) atoms. The van der Waals surface area contributed by atoms with Gasteiger partial charge in [0.1, 0.15) is 6.61 Å². The van der Waals surface area contributed by atoms with E-state index in [9.17, 15) is 15.0 Å². The predicted octanol–water partition coefficient (Wildman–Crippen LogP) is 2.70. The number of esters is 1. The number of carbonyl (C=O) groups is 1. The number of aromatic nitrogens is 1. The van der Waals surface area contributed by atoms with Crippen LogP contribution in [0.25, 0.3) is 5.69 Å². The number of ether oxygens (including phenoxy) is 1. The van der Waals surface area contributed by atoms with Gasteiger partial charge in [-0.1, -0.05) is 12.2 Å². The van der Waals surface area contributed by atoms with Crippen molar-refractivity contribution in [3.05, 3.63) is 52.6 Å². The van der Waals surface area contributed by atoms with Gasteiger partial charge in [-0.3, -0.25) is 4.57 Å². The largest absolute Gasteiger partial charge is 0.494 e. The van der Waals surface area contributed by atoms with Crippen molar-refractivity contribution >= 4 is 5.97 Å². The number of hydrogen-bond acceptors (Lipinski definition) is 4. The van der Waals surface area contributed by atoms with Gasteiger partial charge in [-0.05, 0) is 24.6 Å². The second kappa shape index (κ2) is 3.74. The smallest absolute Gasteiger partial charge is 0.338 e. The fraction of sp³-hybridized carbons (Fsp3) is 0.235. The Morgan fingerprint density at radius 3 is 2.45 bits per heavy atom. The minimum atomic E-state index is -0.327. The number of rotatable bonds is 1. The second-order valence-corrected chi connectivity index (χ2v) is 6.06. The Morgan fingerprint density at radius 2 is 1.77 bits per heavy atom. The minimum absolute atomic E-state index is 0.0922. The highest BCUT2D eigenvalue weighted by molar-refractivity contribution is 5.93. The fourth-order valence-corrected chi connectivity index (χ4v) is 3.94. The van der Waals surface area contributed by atoms with Crippen LogP contribution in [-0.4, -0.2) is 20.7 Å². The summed E-state index contributed by atoms with van der Waals surface area (Å²) in [4.78, 5) is 11.5. The molecule has 1 aromatic carbocycles. The molecule has 2 N–H and O–H groups in total. The molecule has 0 saturated heterocycles. The Balaban J connectivity index is 1.71. The average molecular weight is 295 g/mol. The van der Waals surface area contributed by atoms with Crippen molar-refractivity contribution in [2.75, 3.05) is 0 Å². The molecule has 0 amide bonds. The standard InChI is InChI=1S/C17H13NO4/c19-15-13-8-1-2-9(5-8)14(13)16(20)18(15)11-3-4-12-10(6-11)7-22-17(12)21/h1-4,6,8-9,19-20H,5,7H2/t8-,9+. The van der Waals surface area contributed by atoms with Crippen molar-refractivity contribution in [1.82, 2.24) is 4.57 Å². The van der Waals surface area contributed by atoms with E-state index in [0.29, 0.717) is 11.3 Å². The van der Waals surface area contributed by atoms with Crippen LogP contribution in [0.2, 0.25) is 0 Å². The van der Waals surface area contributed by atoms with E-state index < -0.39 is 0 Å². The highest BCUT2D eigenvalue weighted by Gasteiger charge is 2.41. The molecule has 5 rings (SSSR count). The molecule has 5 nitrogen and oxygen atoms in total. The number of aromatic hydroxyl groups is 2. The lowest BCUT2D eigenvalue weighted by Gasteiger charge is -2.10. The quantitative estimate of drug-likeness (QED) is 0.627. The number of cyclic esters (lactones) is 1. The number of allylic oxidation sites excluding steroid dienone is 2. The maximum absolute atomic E-state index is 11.5. The van der Waals surface area contributed by atoms with Gasteiger partial charge in [-0.25, -0.2) is 4.79 Å². The average Bonchev–Trinajstić information content (AvgIpc) is 3.24. The Hall–Kier alpha value is -2.69. The fourth-order valence-electron chi connectivity index (χ4n) is 3.94. The van der Waals surface area contributed by atoms with Crippen molar-refractivity contribution in [3.8, 4) is 17.4 Å². The zero-order valence-corrected chi connectivity index (χ0v) is 11.6. The van der Waals surface area contributed by atoms with Crippen molar-refractivity contribution in [2.24, 2.45) is 0 Å². The summed E-state index contributed by atoms with van der Waals surface area (Å²) in [5.41, 5.74) is 3.62. The summed E-state index contributed by atoms with van der Waals surface area (Å²) in [6.07, 6.45) is 5.11. The van der Waals surface area contributed by atoms with Crippen LogP contribution in [0, 0.1) is 0 Å². The number of carbonyl (C=O) groups excluding carboxylic acids is 1. The molecule has 5 heteroatoms. The van der Waals surface area contributed by atoms with Crippen LogP contribution >= 0.6 is 0 Å². The summed E-state index contributed by atoms with van der Waals surface area (Å²) in [5.74, 6) is 0.231. The summed E-state index contributed by atoms with van der Waals surface area (Å²) in [6.45, 7) is 0.233. The van der Waals surface area contributed by atoms with E-state index in [1.54, 1.807) is 18.2 Å². The summed E-state index contributed by atoms with van der Waals surface area (Å²) in [6, 6.07) is 5.18. The minimum Gasteiger partial charge on any atom is -0.494 e. The van der Waals surface area contributed by atoms with Crippen molar-refractivity contribution in [2.45, 2.75) is 24.9 Å². The third-order valence-electron chi connectivity index (χ3n) is 4.95. The predicted molar refractivity (Wildman–Crippen MR) is 77.5 cm³/mol. The number of hydrogen-bond donors (Lipinski definition) is 2. The van der Waals surface area contributed by atoms with Gasteiger partial charge >= 0.3 is 5.97 Å². The summed E-state index contributed by atoms with van der Waals surface area (Å²) in [7, 11) is 0. The molecule has 110 valence electrons. The molecular weight excluding hydrogens is 282 g/mol. The molecule has 2 aliphatic carbocycles. The molecule has 1 aliphatic heterocycles. The number of benzene rings is 1. The van der Waals surface area contributed by atoms with Crippen LogP contribution in [0.5, 0.6) is 11.8 Å². The van der Waals surface area contributed by atoms with Gasteiger partial charge in [0.05, 0.1) is 11.3 Å². The van der Waals surface area contributed by atoms with E-state index in [1.165, 1.54) is 4.57 Å². The van der Waals surface area contributed by atoms with Crippen LogP contribution in [0.1, 0.15) is 45.3 Å². The maximum atomic E-state index is 11.5. The van der Waals surface area contributed by atoms with Crippen molar-refractivity contribution in [3.63, 3.8) is 0 Å². The lowest BCUT2D eigenvalue weighted by Crippen LogP contribution is -1.98. The first-order valence-electron chi connectivity index (χ1n) is 7.30. The van der Waals surface area contributed by atoms with Crippen LogP contribution in [-0.2, 0) is 11.3 Å². The molecule has 2 heterocycles. The van der Waals surface area contributed by atoms with Gasteiger partial charge in [-0.15, -0.1) is 0 Å². The van der Waals surface area contributed by atoms with E-state index >= 15 is 0 Å². The van der Waals surface area contributed by atoms with E-state index in [0.717, 1.165) is 23.1 Å². The van der Waals surface area contributed by atoms with Gasteiger partial charge in [0.25, 0.3) is 0 Å². The van der Waals surface area contributed by atoms with Crippen LogP contribution in [0.3, 0.4) is 0 Å². The number of fused-ring (bicyclic) bond motifs is 6. The molecule has 1 aromatic heterocycles. The second-order valence-electron chi connectivity index (χ2n) is 6.06. The Morgan fingerprint density at radius 1 is 1.09 bits per heavy atom. The third-order valence-corrected chi connectivity index (χ3v) is 4.95. The van der Waals surface area contributed by atoms with Crippen LogP contribution < -0.4 is 0 Å². The molecule has 0 saturated carbocycles. The molecule has 0 fully saturated rings. The molecule has 3 aliphatic rings. The molecule has 0 unspecified atom stereocenters. The van der Waals surface area contributed by atoms with Gasteiger partial charge in [0.15, 0.2) is 0 Å². The van der Waals surface area contributed by atoms with E-state index in [4.69, 9.17) is 4.74 Å². The van der Waals surface area contributed by atoms with E-state index in [-0.39, 0.29) is 36.2 Å². The molecule has 0 spiro atoms.